The molecule has 0 saturated carbocycles. The van der Waals surface area contributed by atoms with Crippen molar-refractivity contribution in [3.05, 3.63) is 59.2 Å². The summed E-state index contributed by atoms with van der Waals surface area (Å²) in [4.78, 5) is 12.4. The molecule has 0 bridgehead atoms. The molecule has 0 aliphatic heterocycles. The molecule has 2 aromatic carbocycles. The Morgan fingerprint density at radius 1 is 1.15 bits per heavy atom. The molecule has 26 heavy (non-hydrogen) atoms. The van der Waals surface area contributed by atoms with Crippen molar-refractivity contribution in [3.8, 4) is 11.5 Å². The van der Waals surface area contributed by atoms with Crippen LogP contribution in [-0.4, -0.2) is 18.6 Å². The van der Waals surface area contributed by atoms with Gasteiger partial charge in [0, 0.05) is 6.54 Å². The van der Waals surface area contributed by atoms with Crippen molar-refractivity contribution in [2.24, 2.45) is 0 Å². The number of carbonyl (C=O) groups excluding carboxylic acids is 1. The Labute approximate surface area is 155 Å². The van der Waals surface area contributed by atoms with Crippen molar-refractivity contribution in [1.29, 1.82) is 0 Å². The van der Waals surface area contributed by atoms with E-state index in [0.717, 1.165) is 29.9 Å². The van der Waals surface area contributed by atoms with Crippen molar-refractivity contribution in [2.45, 2.75) is 52.2 Å². The van der Waals surface area contributed by atoms with Gasteiger partial charge in [0.2, 0.25) is 0 Å². The molecule has 1 atom stereocenters. The largest absolute Gasteiger partial charge is 0.494 e. The molecule has 0 fully saturated rings. The van der Waals surface area contributed by atoms with Gasteiger partial charge in [-0.15, -0.1) is 0 Å². The molecular weight excluding hydrogens is 326 g/mol. The lowest BCUT2D eigenvalue weighted by Crippen LogP contribution is -2.36. The number of aryl methyl sites for hydroxylation is 1. The Morgan fingerprint density at radius 2 is 1.96 bits per heavy atom. The monoisotopic (exact) mass is 353 g/mol. The summed E-state index contributed by atoms with van der Waals surface area (Å²) in [6.45, 7) is 4.84. The van der Waals surface area contributed by atoms with Crippen molar-refractivity contribution in [1.82, 2.24) is 5.32 Å². The van der Waals surface area contributed by atoms with E-state index in [4.69, 9.17) is 9.47 Å². The Balaban J connectivity index is 1.58. The molecule has 0 aromatic heterocycles. The quantitative estimate of drug-likeness (QED) is 0.817. The van der Waals surface area contributed by atoms with E-state index in [9.17, 15) is 4.79 Å². The van der Waals surface area contributed by atoms with Crippen LogP contribution in [-0.2, 0) is 24.2 Å². The van der Waals surface area contributed by atoms with Gasteiger partial charge in [-0.05, 0) is 74.4 Å². The standard InChI is InChI=1S/C22H27NO3/c1-3-25-19-11-6-8-17(14-19)15-23-22(24)16(2)26-21-13-7-10-18-9-4-5-12-20(18)21/h6-8,10-11,13-14,16H,3-5,9,12,15H2,1-2H3,(H,23,24). The lowest BCUT2D eigenvalue weighted by molar-refractivity contribution is -0.127. The summed E-state index contributed by atoms with van der Waals surface area (Å²) >= 11 is 0. The number of fused-ring (bicyclic) bond motifs is 1. The number of nitrogens with one attached hydrogen (secondary N) is 1. The van der Waals surface area contributed by atoms with Crippen LogP contribution in [0.1, 0.15) is 43.4 Å². The highest BCUT2D eigenvalue weighted by atomic mass is 16.5. The molecule has 0 spiro atoms. The topological polar surface area (TPSA) is 47.6 Å². The van der Waals surface area contributed by atoms with Crippen LogP contribution < -0.4 is 14.8 Å². The molecule has 1 amide bonds. The van der Waals surface area contributed by atoms with Gasteiger partial charge in [-0.3, -0.25) is 4.79 Å². The summed E-state index contributed by atoms with van der Waals surface area (Å²) < 4.78 is 11.5. The van der Waals surface area contributed by atoms with Crippen LogP contribution in [0.3, 0.4) is 0 Å². The Bertz CT molecular complexity index is 757. The second kappa shape index (κ2) is 8.75. The second-order valence-electron chi connectivity index (χ2n) is 6.66. The van der Waals surface area contributed by atoms with Gasteiger partial charge in [-0.25, -0.2) is 0 Å². The smallest absolute Gasteiger partial charge is 0.261 e. The van der Waals surface area contributed by atoms with Crippen molar-refractivity contribution in [3.63, 3.8) is 0 Å². The van der Waals surface area contributed by atoms with Crippen molar-refractivity contribution < 1.29 is 14.3 Å². The van der Waals surface area contributed by atoms with Crippen LogP contribution in [0, 0.1) is 0 Å². The second-order valence-corrected chi connectivity index (χ2v) is 6.66. The van der Waals surface area contributed by atoms with Gasteiger partial charge < -0.3 is 14.8 Å². The Morgan fingerprint density at radius 3 is 2.81 bits per heavy atom. The predicted molar refractivity (Wildman–Crippen MR) is 103 cm³/mol. The van der Waals surface area contributed by atoms with E-state index in [-0.39, 0.29) is 5.91 Å². The maximum atomic E-state index is 12.4. The molecule has 1 aliphatic rings. The highest BCUT2D eigenvalue weighted by Gasteiger charge is 2.19. The zero-order chi connectivity index (χ0) is 18.4. The molecule has 0 heterocycles. The van der Waals surface area contributed by atoms with E-state index in [2.05, 4.69) is 11.4 Å². The molecule has 4 heteroatoms. The maximum absolute atomic E-state index is 12.4. The number of hydrogen-bond acceptors (Lipinski definition) is 3. The van der Waals surface area contributed by atoms with Crippen LogP contribution in [0.15, 0.2) is 42.5 Å². The molecule has 0 saturated heterocycles. The van der Waals surface area contributed by atoms with E-state index in [1.54, 1.807) is 6.92 Å². The van der Waals surface area contributed by atoms with Crippen LogP contribution >= 0.6 is 0 Å². The van der Waals surface area contributed by atoms with E-state index in [1.165, 1.54) is 24.0 Å². The third kappa shape index (κ3) is 4.57. The number of benzene rings is 2. The van der Waals surface area contributed by atoms with Crippen molar-refractivity contribution in [2.75, 3.05) is 6.61 Å². The van der Waals surface area contributed by atoms with Crippen molar-refractivity contribution >= 4 is 5.91 Å². The average Bonchev–Trinajstić information content (AvgIpc) is 2.67. The van der Waals surface area contributed by atoms with Gasteiger partial charge in [-0.2, -0.15) is 0 Å². The third-order valence-electron chi connectivity index (χ3n) is 4.70. The zero-order valence-corrected chi connectivity index (χ0v) is 15.6. The first-order valence-corrected chi connectivity index (χ1v) is 9.44. The van der Waals surface area contributed by atoms with E-state index in [0.29, 0.717) is 13.2 Å². The normalized spacial score (nSPS) is 14.2. The van der Waals surface area contributed by atoms with Crippen LogP contribution in [0.2, 0.25) is 0 Å². The number of amides is 1. The molecular formula is C22H27NO3. The SMILES string of the molecule is CCOc1cccc(CNC(=O)C(C)Oc2cccc3c2CCCC3)c1. The fourth-order valence-electron chi connectivity index (χ4n) is 3.35. The Kier molecular flexibility index (Phi) is 6.16. The fraction of sp³-hybridized carbons (Fsp3) is 0.409. The highest BCUT2D eigenvalue weighted by molar-refractivity contribution is 5.80. The van der Waals surface area contributed by atoms with Gasteiger partial charge in [0.25, 0.3) is 5.91 Å². The first-order chi connectivity index (χ1) is 12.7. The molecule has 3 rings (SSSR count). The minimum atomic E-state index is -0.529. The van der Waals surface area contributed by atoms with Gasteiger partial charge in [0.15, 0.2) is 6.10 Å². The zero-order valence-electron chi connectivity index (χ0n) is 15.6. The minimum absolute atomic E-state index is 0.111. The minimum Gasteiger partial charge on any atom is -0.494 e. The summed E-state index contributed by atoms with van der Waals surface area (Å²) in [5, 5.41) is 2.95. The summed E-state index contributed by atoms with van der Waals surface area (Å²) in [5.74, 6) is 1.56. The lowest BCUT2D eigenvalue weighted by Gasteiger charge is -2.22. The van der Waals surface area contributed by atoms with Gasteiger partial charge in [-0.1, -0.05) is 24.3 Å². The summed E-state index contributed by atoms with van der Waals surface area (Å²) in [5.41, 5.74) is 3.63. The van der Waals surface area contributed by atoms with E-state index < -0.39 is 6.10 Å². The fourth-order valence-corrected chi connectivity index (χ4v) is 3.35. The third-order valence-corrected chi connectivity index (χ3v) is 4.70. The number of carbonyl (C=O) groups is 1. The predicted octanol–water partition coefficient (Wildman–Crippen LogP) is 4.05. The number of hydrogen-bond donors (Lipinski definition) is 1. The average molecular weight is 353 g/mol. The summed E-state index contributed by atoms with van der Waals surface area (Å²) in [7, 11) is 0. The van der Waals surface area contributed by atoms with Gasteiger partial charge in [0.05, 0.1) is 6.61 Å². The molecule has 1 unspecified atom stereocenters. The molecule has 1 N–H and O–H groups in total. The van der Waals surface area contributed by atoms with Crippen LogP contribution in [0.4, 0.5) is 0 Å². The van der Waals surface area contributed by atoms with E-state index in [1.807, 2.05) is 43.3 Å². The first-order valence-electron chi connectivity index (χ1n) is 9.44. The van der Waals surface area contributed by atoms with Crippen LogP contribution in [0.5, 0.6) is 11.5 Å². The summed E-state index contributed by atoms with van der Waals surface area (Å²) in [6, 6.07) is 13.9. The van der Waals surface area contributed by atoms with Gasteiger partial charge in [0.1, 0.15) is 11.5 Å². The Hall–Kier alpha value is -2.49. The summed E-state index contributed by atoms with van der Waals surface area (Å²) in [6.07, 6.45) is 4.02. The first kappa shape index (κ1) is 18.3. The van der Waals surface area contributed by atoms with Gasteiger partial charge >= 0.3 is 0 Å². The molecule has 2 aromatic rings. The van der Waals surface area contributed by atoms with Crippen LogP contribution in [0.25, 0.3) is 0 Å². The number of ether oxygens (including phenoxy) is 2. The maximum Gasteiger partial charge on any atom is 0.261 e. The highest BCUT2D eigenvalue weighted by Crippen LogP contribution is 2.30. The van der Waals surface area contributed by atoms with E-state index >= 15 is 0 Å². The molecule has 0 radical (unpaired) electrons. The molecule has 4 nitrogen and oxygen atoms in total. The lowest BCUT2D eigenvalue weighted by atomic mass is 9.91. The molecule has 138 valence electrons. The number of rotatable bonds is 7. The molecule has 1 aliphatic carbocycles.